The van der Waals surface area contributed by atoms with Gasteiger partial charge in [-0.05, 0) is 13.2 Å². The fourth-order valence-electron chi connectivity index (χ4n) is 1.35. The van der Waals surface area contributed by atoms with Gasteiger partial charge in [0.05, 0.1) is 5.88 Å². The van der Waals surface area contributed by atoms with Crippen LogP contribution in [0.5, 0.6) is 0 Å². The van der Waals surface area contributed by atoms with Gasteiger partial charge in [0, 0.05) is 25.4 Å². The van der Waals surface area contributed by atoms with Crippen LogP contribution in [0.15, 0.2) is 15.4 Å². The van der Waals surface area contributed by atoms with Crippen LogP contribution >= 0.6 is 23.4 Å². The standard InChI is InChI=1S/C10H16ClNO3S2/c1-8-10(6-9(7-11)15-8)17(13,14)12(2)4-5-16-3/h6H,4-5,7H2,1-3H3. The fraction of sp³-hybridized carbons (Fsp3) is 0.600. The van der Waals surface area contributed by atoms with Gasteiger partial charge >= 0.3 is 0 Å². The van der Waals surface area contributed by atoms with E-state index in [1.54, 1.807) is 25.7 Å². The lowest BCUT2D eigenvalue weighted by atomic mass is 10.4. The van der Waals surface area contributed by atoms with E-state index in [1.165, 1.54) is 10.4 Å². The molecule has 4 nitrogen and oxygen atoms in total. The highest BCUT2D eigenvalue weighted by Gasteiger charge is 2.25. The molecule has 0 unspecified atom stereocenters. The van der Waals surface area contributed by atoms with Crippen molar-refractivity contribution in [2.24, 2.45) is 0 Å². The molecule has 1 heterocycles. The van der Waals surface area contributed by atoms with E-state index >= 15 is 0 Å². The smallest absolute Gasteiger partial charge is 0.246 e. The van der Waals surface area contributed by atoms with Gasteiger partial charge in [-0.3, -0.25) is 0 Å². The lowest BCUT2D eigenvalue weighted by Crippen LogP contribution is -2.29. The molecule has 0 aromatic carbocycles. The summed E-state index contributed by atoms with van der Waals surface area (Å²) in [5, 5.41) is 0. The minimum absolute atomic E-state index is 0.172. The minimum Gasteiger partial charge on any atom is -0.464 e. The lowest BCUT2D eigenvalue weighted by molar-refractivity contribution is 0.474. The summed E-state index contributed by atoms with van der Waals surface area (Å²) in [4.78, 5) is 0.205. The Morgan fingerprint density at radius 1 is 1.53 bits per heavy atom. The molecule has 0 aliphatic carbocycles. The highest BCUT2D eigenvalue weighted by Crippen LogP contribution is 2.23. The summed E-state index contributed by atoms with van der Waals surface area (Å²) in [7, 11) is -1.90. The van der Waals surface area contributed by atoms with Crippen LogP contribution in [0, 0.1) is 6.92 Å². The monoisotopic (exact) mass is 297 g/mol. The van der Waals surface area contributed by atoms with Gasteiger partial charge in [-0.15, -0.1) is 11.6 Å². The molecule has 0 spiro atoms. The molecule has 98 valence electrons. The second kappa shape index (κ2) is 6.13. The van der Waals surface area contributed by atoms with Crippen molar-refractivity contribution < 1.29 is 12.8 Å². The second-order valence-corrected chi connectivity index (χ2v) is 6.85. The van der Waals surface area contributed by atoms with Gasteiger partial charge in [-0.2, -0.15) is 16.1 Å². The molecule has 0 saturated heterocycles. The van der Waals surface area contributed by atoms with Crippen molar-refractivity contribution in [3.05, 3.63) is 17.6 Å². The first kappa shape index (κ1) is 14.9. The Morgan fingerprint density at radius 3 is 2.65 bits per heavy atom. The highest BCUT2D eigenvalue weighted by molar-refractivity contribution is 7.98. The number of hydrogen-bond donors (Lipinski definition) is 0. The summed E-state index contributed by atoms with van der Waals surface area (Å²) in [6, 6.07) is 1.49. The van der Waals surface area contributed by atoms with Gasteiger partial charge in [0.15, 0.2) is 0 Å². The number of thioether (sulfide) groups is 1. The molecule has 1 rings (SSSR count). The van der Waals surface area contributed by atoms with Crippen LogP contribution in [0.3, 0.4) is 0 Å². The van der Waals surface area contributed by atoms with Gasteiger partial charge in [0.2, 0.25) is 10.0 Å². The Balaban J connectivity index is 2.99. The molecular weight excluding hydrogens is 282 g/mol. The van der Waals surface area contributed by atoms with E-state index in [4.69, 9.17) is 16.0 Å². The summed E-state index contributed by atoms with van der Waals surface area (Å²) in [5.74, 6) is 1.79. The van der Waals surface area contributed by atoms with Crippen LogP contribution in [-0.4, -0.2) is 38.3 Å². The van der Waals surface area contributed by atoms with E-state index in [2.05, 4.69) is 0 Å². The van der Waals surface area contributed by atoms with Crippen LogP contribution in [0.2, 0.25) is 0 Å². The largest absolute Gasteiger partial charge is 0.464 e. The summed E-state index contributed by atoms with van der Waals surface area (Å²) < 4.78 is 31.0. The van der Waals surface area contributed by atoms with Crippen molar-refractivity contribution in [1.29, 1.82) is 0 Å². The molecule has 0 amide bonds. The highest BCUT2D eigenvalue weighted by atomic mass is 35.5. The third-order valence-corrected chi connectivity index (χ3v) is 5.17. The topological polar surface area (TPSA) is 50.5 Å². The summed E-state index contributed by atoms with van der Waals surface area (Å²) >= 11 is 7.22. The zero-order valence-corrected chi connectivity index (χ0v) is 12.5. The number of nitrogens with zero attached hydrogens (tertiary/aromatic N) is 1. The Kier molecular flexibility index (Phi) is 5.37. The van der Waals surface area contributed by atoms with E-state index in [0.717, 1.165) is 5.75 Å². The van der Waals surface area contributed by atoms with Crippen molar-refractivity contribution in [3.63, 3.8) is 0 Å². The molecule has 0 radical (unpaired) electrons. The molecular formula is C10H16ClNO3S2. The molecule has 0 atom stereocenters. The first-order valence-corrected chi connectivity index (χ1v) is 8.41. The van der Waals surface area contributed by atoms with Crippen molar-refractivity contribution in [2.75, 3.05) is 25.6 Å². The predicted octanol–water partition coefficient (Wildman–Crippen LogP) is 2.31. The number of alkyl halides is 1. The van der Waals surface area contributed by atoms with E-state index in [-0.39, 0.29) is 10.8 Å². The molecule has 0 aliphatic rings. The number of halogens is 1. The first-order valence-electron chi connectivity index (χ1n) is 5.04. The number of furan rings is 1. The molecule has 1 aromatic rings. The maximum atomic E-state index is 12.2. The quantitative estimate of drug-likeness (QED) is 0.756. The summed E-state index contributed by atoms with van der Waals surface area (Å²) in [6.07, 6.45) is 1.94. The molecule has 17 heavy (non-hydrogen) atoms. The fourth-order valence-corrected chi connectivity index (χ4v) is 3.41. The van der Waals surface area contributed by atoms with E-state index in [0.29, 0.717) is 18.1 Å². The maximum absolute atomic E-state index is 12.2. The molecule has 0 N–H and O–H groups in total. The molecule has 0 bridgehead atoms. The number of aryl methyl sites for hydroxylation is 1. The van der Waals surface area contributed by atoms with Crippen molar-refractivity contribution >= 4 is 33.4 Å². The first-order chi connectivity index (χ1) is 7.93. The molecule has 0 fully saturated rings. The minimum atomic E-state index is -3.46. The number of hydrogen-bond acceptors (Lipinski definition) is 4. The Bertz CT molecular complexity index is 470. The van der Waals surface area contributed by atoms with E-state index in [1.807, 2.05) is 6.26 Å². The SMILES string of the molecule is CSCCN(C)S(=O)(=O)c1cc(CCl)oc1C. The van der Waals surface area contributed by atoms with Crippen LogP contribution in [-0.2, 0) is 15.9 Å². The van der Waals surface area contributed by atoms with Gasteiger partial charge in [-0.25, -0.2) is 8.42 Å². The number of rotatable bonds is 6. The normalized spacial score (nSPS) is 12.3. The van der Waals surface area contributed by atoms with Gasteiger partial charge in [-0.1, -0.05) is 0 Å². The Morgan fingerprint density at radius 2 is 2.18 bits per heavy atom. The van der Waals surface area contributed by atoms with Gasteiger partial charge < -0.3 is 4.42 Å². The van der Waals surface area contributed by atoms with Crippen molar-refractivity contribution in [3.8, 4) is 0 Å². The van der Waals surface area contributed by atoms with Crippen LogP contribution < -0.4 is 0 Å². The zero-order valence-electron chi connectivity index (χ0n) is 10.1. The molecule has 0 aliphatic heterocycles. The van der Waals surface area contributed by atoms with Crippen LogP contribution in [0.25, 0.3) is 0 Å². The summed E-state index contributed by atoms with van der Waals surface area (Å²) in [5.41, 5.74) is 0. The average Bonchev–Trinajstić information content (AvgIpc) is 2.67. The average molecular weight is 298 g/mol. The Labute approximate surface area is 111 Å². The number of sulfonamides is 1. The lowest BCUT2D eigenvalue weighted by Gasteiger charge is -2.15. The van der Waals surface area contributed by atoms with Crippen molar-refractivity contribution in [1.82, 2.24) is 4.31 Å². The second-order valence-electron chi connectivity index (χ2n) is 3.59. The third-order valence-electron chi connectivity index (χ3n) is 2.35. The van der Waals surface area contributed by atoms with Crippen LogP contribution in [0.4, 0.5) is 0 Å². The van der Waals surface area contributed by atoms with Crippen molar-refractivity contribution in [2.45, 2.75) is 17.7 Å². The van der Waals surface area contributed by atoms with E-state index in [9.17, 15) is 8.42 Å². The van der Waals surface area contributed by atoms with Gasteiger partial charge in [0.25, 0.3) is 0 Å². The zero-order chi connectivity index (χ0) is 13.1. The van der Waals surface area contributed by atoms with E-state index < -0.39 is 10.0 Å². The molecule has 1 aromatic heterocycles. The predicted molar refractivity (Wildman–Crippen MR) is 71.2 cm³/mol. The maximum Gasteiger partial charge on any atom is 0.246 e. The molecule has 7 heteroatoms. The Hall–Kier alpha value is -0.170. The van der Waals surface area contributed by atoms with Gasteiger partial charge in [0.1, 0.15) is 16.4 Å². The summed E-state index contributed by atoms with van der Waals surface area (Å²) in [6.45, 7) is 2.11. The molecule has 0 saturated carbocycles. The van der Waals surface area contributed by atoms with Crippen LogP contribution in [0.1, 0.15) is 11.5 Å². The third kappa shape index (κ3) is 3.40.